The Morgan fingerprint density at radius 3 is 2.70 bits per heavy atom. The highest BCUT2D eigenvalue weighted by molar-refractivity contribution is 5.82. The molecule has 0 aromatic carbocycles. The largest absolute Gasteiger partial charge is 0.315 e. The van der Waals surface area contributed by atoms with E-state index in [0.29, 0.717) is 29.5 Å². The molecular formula is C26H37N3O. The SMILES string of the molecule is CC1CCC2(C)C(CCC3C2CCC2(C)C(C(=O)Cn4ccnc4C#N)CCC32)C1. The number of carbonyl (C=O) groups excluding carboxylic acids is 1. The lowest BCUT2D eigenvalue weighted by molar-refractivity contribution is -0.137. The number of nitriles is 1. The van der Waals surface area contributed by atoms with Crippen LogP contribution in [0.25, 0.3) is 0 Å². The molecule has 8 unspecified atom stereocenters. The third-order valence-electron chi connectivity index (χ3n) is 10.5. The van der Waals surface area contributed by atoms with Crippen molar-refractivity contribution in [3.05, 3.63) is 18.2 Å². The van der Waals surface area contributed by atoms with Gasteiger partial charge in [0.1, 0.15) is 6.07 Å². The van der Waals surface area contributed by atoms with Crippen LogP contribution in [0.4, 0.5) is 0 Å². The molecule has 4 saturated carbocycles. The van der Waals surface area contributed by atoms with Gasteiger partial charge in [-0.15, -0.1) is 0 Å². The molecule has 0 radical (unpaired) electrons. The molecular weight excluding hydrogens is 370 g/mol. The first-order valence-electron chi connectivity index (χ1n) is 12.3. The fraction of sp³-hybridized carbons (Fsp3) is 0.808. The molecule has 0 N–H and O–H groups in total. The first-order chi connectivity index (χ1) is 14.4. The Bertz CT molecular complexity index is 868. The highest BCUT2D eigenvalue weighted by atomic mass is 16.1. The van der Waals surface area contributed by atoms with Gasteiger partial charge in [-0.2, -0.15) is 5.26 Å². The zero-order chi connectivity index (χ0) is 21.1. The van der Waals surface area contributed by atoms with Crippen molar-refractivity contribution in [2.45, 2.75) is 85.1 Å². The molecule has 0 aliphatic heterocycles. The third kappa shape index (κ3) is 2.91. The summed E-state index contributed by atoms with van der Waals surface area (Å²) in [6.45, 7) is 7.82. The molecule has 8 atom stereocenters. The van der Waals surface area contributed by atoms with Crippen LogP contribution < -0.4 is 0 Å². The van der Waals surface area contributed by atoms with E-state index in [4.69, 9.17) is 0 Å². The third-order valence-corrected chi connectivity index (χ3v) is 10.5. The summed E-state index contributed by atoms with van der Waals surface area (Å²) in [5.74, 6) is 5.05. The number of aromatic nitrogens is 2. The van der Waals surface area contributed by atoms with Crippen molar-refractivity contribution in [2.24, 2.45) is 46.3 Å². The monoisotopic (exact) mass is 407 g/mol. The van der Waals surface area contributed by atoms with Gasteiger partial charge in [-0.05, 0) is 91.8 Å². The van der Waals surface area contributed by atoms with Crippen LogP contribution in [0.3, 0.4) is 0 Å². The molecule has 30 heavy (non-hydrogen) atoms. The summed E-state index contributed by atoms with van der Waals surface area (Å²) in [6.07, 6.45) is 15.3. The van der Waals surface area contributed by atoms with E-state index in [1.807, 2.05) is 0 Å². The van der Waals surface area contributed by atoms with Gasteiger partial charge < -0.3 is 4.57 Å². The van der Waals surface area contributed by atoms with Gasteiger partial charge in [0.05, 0.1) is 6.54 Å². The van der Waals surface area contributed by atoms with E-state index in [1.165, 1.54) is 51.4 Å². The number of hydrogen-bond acceptors (Lipinski definition) is 3. The molecule has 4 nitrogen and oxygen atoms in total. The highest BCUT2D eigenvalue weighted by Crippen LogP contribution is 2.67. The van der Waals surface area contributed by atoms with Crippen LogP contribution >= 0.6 is 0 Å². The molecule has 1 aromatic rings. The second kappa shape index (κ2) is 7.21. The van der Waals surface area contributed by atoms with Crippen LogP contribution in [0, 0.1) is 57.7 Å². The van der Waals surface area contributed by atoms with Crippen LogP contribution in [0.1, 0.15) is 84.4 Å². The second-order valence-electron chi connectivity index (χ2n) is 11.7. The number of nitrogens with zero attached hydrogens (tertiary/aromatic N) is 3. The lowest BCUT2D eigenvalue weighted by Gasteiger charge is -2.61. The summed E-state index contributed by atoms with van der Waals surface area (Å²) in [5.41, 5.74) is 0.689. The quantitative estimate of drug-likeness (QED) is 0.653. The molecule has 1 aromatic heterocycles. The van der Waals surface area contributed by atoms with E-state index in [2.05, 4.69) is 31.8 Å². The summed E-state index contributed by atoms with van der Waals surface area (Å²) in [4.78, 5) is 17.4. The molecule has 0 saturated heterocycles. The normalized spacial score (nSPS) is 45.1. The van der Waals surface area contributed by atoms with Crippen molar-refractivity contribution in [3.63, 3.8) is 0 Å². The number of ketones is 1. The zero-order valence-corrected chi connectivity index (χ0v) is 18.9. The van der Waals surface area contributed by atoms with Gasteiger partial charge in [0.25, 0.3) is 0 Å². The molecule has 0 spiro atoms. The van der Waals surface area contributed by atoms with E-state index in [0.717, 1.165) is 30.1 Å². The Balaban J connectivity index is 1.35. The summed E-state index contributed by atoms with van der Waals surface area (Å²) < 4.78 is 1.74. The number of hydrogen-bond donors (Lipinski definition) is 0. The number of fused-ring (bicyclic) bond motifs is 5. The van der Waals surface area contributed by atoms with E-state index >= 15 is 0 Å². The zero-order valence-electron chi connectivity index (χ0n) is 18.9. The topological polar surface area (TPSA) is 58.7 Å². The van der Waals surface area contributed by atoms with Crippen LogP contribution in [0.15, 0.2) is 12.4 Å². The highest BCUT2D eigenvalue weighted by Gasteiger charge is 2.60. The minimum absolute atomic E-state index is 0.148. The van der Waals surface area contributed by atoms with Crippen molar-refractivity contribution < 1.29 is 4.79 Å². The first kappa shape index (κ1) is 20.3. The minimum atomic E-state index is 0.148. The van der Waals surface area contributed by atoms with Gasteiger partial charge in [-0.1, -0.05) is 27.2 Å². The molecule has 1 heterocycles. The number of imidazole rings is 1. The molecule has 4 fully saturated rings. The summed E-state index contributed by atoms with van der Waals surface area (Å²) in [6, 6.07) is 2.11. The van der Waals surface area contributed by atoms with Gasteiger partial charge in [-0.3, -0.25) is 4.79 Å². The molecule has 0 bridgehead atoms. The van der Waals surface area contributed by atoms with Crippen molar-refractivity contribution in [2.75, 3.05) is 0 Å². The lowest BCUT2D eigenvalue weighted by atomic mass is 9.44. The number of carbonyl (C=O) groups is 1. The van der Waals surface area contributed by atoms with Gasteiger partial charge in [-0.25, -0.2) is 4.98 Å². The molecule has 4 heteroatoms. The van der Waals surface area contributed by atoms with Crippen LogP contribution in [0.5, 0.6) is 0 Å². The van der Waals surface area contributed by atoms with Crippen molar-refractivity contribution >= 4 is 5.78 Å². The summed E-state index contributed by atoms with van der Waals surface area (Å²) in [7, 11) is 0. The van der Waals surface area contributed by atoms with Gasteiger partial charge in [0.15, 0.2) is 5.78 Å². The number of rotatable bonds is 3. The Hall–Kier alpha value is -1.63. The van der Waals surface area contributed by atoms with Crippen molar-refractivity contribution in [1.29, 1.82) is 5.26 Å². The van der Waals surface area contributed by atoms with Crippen LogP contribution in [-0.4, -0.2) is 15.3 Å². The van der Waals surface area contributed by atoms with Crippen molar-refractivity contribution in [1.82, 2.24) is 9.55 Å². The Labute approximate surface area is 181 Å². The van der Waals surface area contributed by atoms with Crippen molar-refractivity contribution in [3.8, 4) is 6.07 Å². The fourth-order valence-electron chi connectivity index (χ4n) is 8.83. The summed E-state index contributed by atoms with van der Waals surface area (Å²) in [5, 5.41) is 9.24. The molecule has 0 amide bonds. The Morgan fingerprint density at radius 1 is 1.13 bits per heavy atom. The molecule has 162 valence electrons. The Morgan fingerprint density at radius 2 is 1.90 bits per heavy atom. The lowest BCUT2D eigenvalue weighted by Crippen LogP contribution is -2.53. The molecule has 5 rings (SSSR count). The average Bonchev–Trinajstić information content (AvgIpc) is 3.31. The fourth-order valence-corrected chi connectivity index (χ4v) is 8.83. The predicted molar refractivity (Wildman–Crippen MR) is 116 cm³/mol. The molecule has 4 aliphatic rings. The second-order valence-corrected chi connectivity index (χ2v) is 11.7. The van der Waals surface area contributed by atoms with E-state index < -0.39 is 0 Å². The van der Waals surface area contributed by atoms with Crippen LogP contribution in [-0.2, 0) is 11.3 Å². The maximum absolute atomic E-state index is 13.4. The van der Waals surface area contributed by atoms with Crippen LogP contribution in [0.2, 0.25) is 0 Å². The smallest absolute Gasteiger partial charge is 0.213 e. The number of Topliss-reactive ketones (excluding diaryl/α,β-unsaturated/α-hetero) is 1. The maximum atomic E-state index is 13.4. The van der Waals surface area contributed by atoms with E-state index in [-0.39, 0.29) is 11.3 Å². The standard InChI is InChI=1S/C26H37N3O/c1-17-8-10-25(2)18(14-17)4-5-19-20-6-7-22(26(20,3)11-9-21(19)25)23(30)16-29-13-12-28-24(29)15-27/h12-13,17-22H,4-11,14,16H2,1-3H3. The Kier molecular flexibility index (Phi) is 4.88. The first-order valence-corrected chi connectivity index (χ1v) is 12.3. The minimum Gasteiger partial charge on any atom is -0.315 e. The van der Waals surface area contributed by atoms with Gasteiger partial charge >= 0.3 is 0 Å². The predicted octanol–water partition coefficient (Wildman–Crippen LogP) is 5.62. The molecule has 4 aliphatic carbocycles. The average molecular weight is 408 g/mol. The van der Waals surface area contributed by atoms with Gasteiger partial charge in [0.2, 0.25) is 5.82 Å². The summed E-state index contributed by atoms with van der Waals surface area (Å²) >= 11 is 0. The van der Waals surface area contributed by atoms with Gasteiger partial charge in [0, 0.05) is 18.3 Å². The van der Waals surface area contributed by atoms with E-state index in [1.54, 1.807) is 17.0 Å². The van der Waals surface area contributed by atoms with E-state index in [9.17, 15) is 10.1 Å². The maximum Gasteiger partial charge on any atom is 0.213 e.